The lowest BCUT2D eigenvalue weighted by Gasteiger charge is -2.09. The normalized spacial score (nSPS) is 24.0. The molecule has 0 amide bonds. The van der Waals surface area contributed by atoms with E-state index in [1.54, 1.807) is 0 Å². The molecule has 0 unspecified atom stereocenters. The molecule has 0 aromatic heterocycles. The van der Waals surface area contributed by atoms with Gasteiger partial charge < -0.3 is 14.8 Å². The third-order valence-electron chi connectivity index (χ3n) is 2.36. The van der Waals surface area contributed by atoms with Gasteiger partial charge in [-0.15, -0.1) is 0 Å². The van der Waals surface area contributed by atoms with Gasteiger partial charge in [0.25, 0.3) is 0 Å². The van der Waals surface area contributed by atoms with Crippen molar-refractivity contribution in [1.82, 2.24) is 5.32 Å². The Morgan fingerprint density at radius 3 is 1.07 bits per heavy atom. The first-order valence-electron chi connectivity index (χ1n) is 5.86. The van der Waals surface area contributed by atoms with Gasteiger partial charge in [0.05, 0.1) is 0 Å². The lowest BCUT2D eigenvalue weighted by molar-refractivity contribution is 0.0367. The Balaban J connectivity index is 0.000000108. The van der Waals surface area contributed by atoms with Crippen molar-refractivity contribution in [3.63, 3.8) is 0 Å². The SMILES string of the molecule is C1CCOCC1.C1CNC1.C1COC1. The second kappa shape index (κ2) is 9.44. The van der Waals surface area contributed by atoms with Gasteiger partial charge in [-0.1, -0.05) is 0 Å². The standard InChI is InChI=1S/C5H10O.C3H7N.C3H6O/c1-2-4-6-5-3-1;2*1-2-4-3-1/h1-5H2;4H,1-3H2;1-3H2. The van der Waals surface area contributed by atoms with Crippen molar-refractivity contribution in [1.29, 1.82) is 0 Å². The molecule has 0 radical (unpaired) electrons. The minimum absolute atomic E-state index is 1.00. The predicted molar refractivity (Wildman–Crippen MR) is 57.6 cm³/mol. The Bertz CT molecular complexity index is 80.3. The molecule has 1 N–H and O–H groups in total. The van der Waals surface area contributed by atoms with Crippen molar-refractivity contribution in [2.75, 3.05) is 39.5 Å². The van der Waals surface area contributed by atoms with E-state index in [9.17, 15) is 0 Å². The molecule has 3 aliphatic heterocycles. The molecule has 3 rings (SSSR count). The van der Waals surface area contributed by atoms with Crippen molar-refractivity contribution in [3.8, 4) is 0 Å². The molecule has 0 saturated carbocycles. The maximum Gasteiger partial charge on any atom is 0.0488 e. The third kappa shape index (κ3) is 7.30. The summed E-state index contributed by atoms with van der Waals surface area (Å²) in [5.74, 6) is 0. The fraction of sp³-hybridized carbons (Fsp3) is 1.00. The number of rotatable bonds is 0. The van der Waals surface area contributed by atoms with Crippen LogP contribution in [0.25, 0.3) is 0 Å². The van der Waals surface area contributed by atoms with Crippen LogP contribution >= 0.6 is 0 Å². The molecule has 0 aromatic rings. The van der Waals surface area contributed by atoms with E-state index in [1.807, 2.05) is 0 Å². The highest BCUT2D eigenvalue weighted by atomic mass is 16.5. The molecule has 3 heteroatoms. The highest BCUT2D eigenvalue weighted by Crippen LogP contribution is 2.02. The molecule has 14 heavy (non-hydrogen) atoms. The fourth-order valence-corrected chi connectivity index (χ4v) is 1.01. The number of hydrogen-bond donors (Lipinski definition) is 1. The zero-order valence-corrected chi connectivity index (χ0v) is 9.09. The maximum atomic E-state index is 5.07. The molecule has 0 atom stereocenters. The van der Waals surface area contributed by atoms with E-state index >= 15 is 0 Å². The minimum Gasteiger partial charge on any atom is -0.381 e. The van der Waals surface area contributed by atoms with Gasteiger partial charge in [0.2, 0.25) is 0 Å². The lowest BCUT2D eigenvalue weighted by Crippen LogP contribution is -2.29. The van der Waals surface area contributed by atoms with Crippen molar-refractivity contribution in [2.45, 2.75) is 32.1 Å². The van der Waals surface area contributed by atoms with Crippen molar-refractivity contribution in [2.24, 2.45) is 0 Å². The van der Waals surface area contributed by atoms with Gasteiger partial charge >= 0.3 is 0 Å². The van der Waals surface area contributed by atoms with Gasteiger partial charge in [0.15, 0.2) is 0 Å². The smallest absolute Gasteiger partial charge is 0.0488 e. The van der Waals surface area contributed by atoms with Crippen LogP contribution in [0.2, 0.25) is 0 Å². The van der Waals surface area contributed by atoms with Crippen LogP contribution in [0.4, 0.5) is 0 Å². The first-order valence-corrected chi connectivity index (χ1v) is 5.86. The number of hydrogen-bond acceptors (Lipinski definition) is 3. The van der Waals surface area contributed by atoms with Crippen molar-refractivity contribution in [3.05, 3.63) is 0 Å². The molecule has 3 heterocycles. The first kappa shape index (κ1) is 12.0. The van der Waals surface area contributed by atoms with Crippen molar-refractivity contribution >= 4 is 0 Å². The molecular weight excluding hydrogens is 178 g/mol. The van der Waals surface area contributed by atoms with Gasteiger partial charge in [-0.3, -0.25) is 0 Å². The van der Waals surface area contributed by atoms with E-state index in [1.165, 1.54) is 45.2 Å². The molecule has 84 valence electrons. The molecule has 0 spiro atoms. The summed E-state index contributed by atoms with van der Waals surface area (Å²) in [4.78, 5) is 0. The summed E-state index contributed by atoms with van der Waals surface area (Å²) in [5, 5.41) is 3.11. The molecule has 0 aliphatic carbocycles. The first-order chi connectivity index (χ1) is 7.00. The van der Waals surface area contributed by atoms with Gasteiger partial charge in [-0.05, 0) is 45.2 Å². The maximum absolute atomic E-state index is 5.07. The highest BCUT2D eigenvalue weighted by molar-refractivity contribution is 4.56. The third-order valence-corrected chi connectivity index (χ3v) is 2.36. The average Bonchev–Trinajstić information content (AvgIpc) is 2.01. The van der Waals surface area contributed by atoms with Crippen molar-refractivity contribution < 1.29 is 9.47 Å². The Morgan fingerprint density at radius 1 is 0.571 bits per heavy atom. The van der Waals surface area contributed by atoms with E-state index in [4.69, 9.17) is 9.47 Å². The zero-order chi connectivity index (χ0) is 9.90. The largest absolute Gasteiger partial charge is 0.381 e. The molecule has 0 bridgehead atoms. The Hall–Kier alpha value is -0.120. The van der Waals surface area contributed by atoms with Gasteiger partial charge in [-0.25, -0.2) is 0 Å². The van der Waals surface area contributed by atoms with Crippen LogP contribution in [-0.4, -0.2) is 39.5 Å². The van der Waals surface area contributed by atoms with Crippen LogP contribution in [0, 0.1) is 0 Å². The number of nitrogens with one attached hydrogen (secondary N) is 1. The summed E-state index contributed by atoms with van der Waals surface area (Å²) in [6.45, 7) is 6.50. The van der Waals surface area contributed by atoms with Crippen LogP contribution in [0.15, 0.2) is 0 Å². The van der Waals surface area contributed by atoms with E-state index in [0.29, 0.717) is 0 Å². The highest BCUT2D eigenvalue weighted by Gasteiger charge is 1.95. The predicted octanol–water partition coefficient (Wildman–Crippen LogP) is 1.57. The van der Waals surface area contributed by atoms with Crippen LogP contribution < -0.4 is 5.32 Å². The topological polar surface area (TPSA) is 30.5 Å². The summed E-state index contributed by atoms with van der Waals surface area (Å²) in [6.07, 6.45) is 6.60. The van der Waals surface area contributed by atoms with E-state index in [0.717, 1.165) is 26.4 Å². The Labute approximate surface area is 87.2 Å². The van der Waals surface area contributed by atoms with E-state index in [-0.39, 0.29) is 0 Å². The summed E-state index contributed by atoms with van der Waals surface area (Å²) in [6, 6.07) is 0. The second-order valence-corrected chi connectivity index (χ2v) is 3.74. The van der Waals surface area contributed by atoms with Gasteiger partial charge in [0.1, 0.15) is 0 Å². The fourth-order valence-electron chi connectivity index (χ4n) is 1.01. The molecule has 0 aromatic carbocycles. The number of ether oxygens (including phenoxy) is 2. The van der Waals surface area contributed by atoms with Crippen LogP contribution in [0.3, 0.4) is 0 Å². The van der Waals surface area contributed by atoms with Crippen LogP contribution in [-0.2, 0) is 9.47 Å². The molecule has 3 saturated heterocycles. The molecule has 3 nitrogen and oxygen atoms in total. The Kier molecular flexibility index (Phi) is 8.06. The quantitative estimate of drug-likeness (QED) is 0.645. The summed E-state index contributed by atoms with van der Waals surface area (Å²) in [7, 11) is 0. The van der Waals surface area contributed by atoms with E-state index in [2.05, 4.69) is 5.32 Å². The zero-order valence-electron chi connectivity index (χ0n) is 9.09. The van der Waals surface area contributed by atoms with Crippen LogP contribution in [0.5, 0.6) is 0 Å². The van der Waals surface area contributed by atoms with E-state index < -0.39 is 0 Å². The monoisotopic (exact) mass is 201 g/mol. The lowest BCUT2D eigenvalue weighted by atomic mass is 10.2. The molecule has 3 aliphatic rings. The van der Waals surface area contributed by atoms with Gasteiger partial charge in [-0.2, -0.15) is 0 Å². The Morgan fingerprint density at radius 2 is 1.00 bits per heavy atom. The minimum atomic E-state index is 1.00. The summed E-state index contributed by atoms with van der Waals surface area (Å²) < 4.78 is 9.79. The second-order valence-electron chi connectivity index (χ2n) is 3.74. The molecule has 3 fully saturated rings. The van der Waals surface area contributed by atoms with Gasteiger partial charge in [0, 0.05) is 26.4 Å². The molecular formula is C11H23NO2. The summed E-state index contributed by atoms with van der Waals surface area (Å²) in [5.41, 5.74) is 0. The van der Waals surface area contributed by atoms with Crippen LogP contribution in [0.1, 0.15) is 32.1 Å². The average molecular weight is 201 g/mol. The summed E-state index contributed by atoms with van der Waals surface area (Å²) >= 11 is 0.